The standard InChI is InChI=1S/C13H23N3O/c1-15(9-13(17)16-5-2-6-16)12-7-10-3-4-11(8-12)14-10/h10-12,14H,2-9H2,1H3. The number of nitrogens with one attached hydrogen (secondary N) is 1. The Hall–Kier alpha value is -0.610. The van der Waals surface area contributed by atoms with Crippen molar-refractivity contribution in [2.75, 3.05) is 26.7 Å². The fourth-order valence-electron chi connectivity index (χ4n) is 3.40. The zero-order chi connectivity index (χ0) is 11.8. The lowest BCUT2D eigenvalue weighted by Crippen LogP contribution is -2.51. The van der Waals surface area contributed by atoms with E-state index in [0.29, 0.717) is 30.6 Å². The molecule has 17 heavy (non-hydrogen) atoms. The second-order valence-corrected chi connectivity index (χ2v) is 5.91. The van der Waals surface area contributed by atoms with E-state index in [4.69, 9.17) is 0 Å². The Labute approximate surface area is 103 Å². The molecule has 0 aromatic rings. The third-order valence-electron chi connectivity index (χ3n) is 4.66. The van der Waals surface area contributed by atoms with Gasteiger partial charge in [0.15, 0.2) is 0 Å². The summed E-state index contributed by atoms with van der Waals surface area (Å²) >= 11 is 0. The first-order valence-electron chi connectivity index (χ1n) is 6.96. The number of rotatable bonds is 3. The number of likely N-dealkylation sites (N-methyl/N-ethyl adjacent to an activating group) is 1. The smallest absolute Gasteiger partial charge is 0.236 e. The van der Waals surface area contributed by atoms with Gasteiger partial charge in [-0.15, -0.1) is 0 Å². The lowest BCUT2D eigenvalue weighted by Gasteiger charge is -2.37. The van der Waals surface area contributed by atoms with Gasteiger partial charge in [0, 0.05) is 31.2 Å². The van der Waals surface area contributed by atoms with Crippen LogP contribution in [0, 0.1) is 0 Å². The molecule has 0 spiro atoms. The molecule has 0 saturated carbocycles. The van der Waals surface area contributed by atoms with Crippen LogP contribution in [0.15, 0.2) is 0 Å². The summed E-state index contributed by atoms with van der Waals surface area (Å²) in [4.78, 5) is 16.2. The number of hydrogen-bond donors (Lipinski definition) is 1. The minimum Gasteiger partial charge on any atom is -0.341 e. The zero-order valence-electron chi connectivity index (χ0n) is 10.7. The Morgan fingerprint density at radius 1 is 1.29 bits per heavy atom. The van der Waals surface area contributed by atoms with Crippen molar-refractivity contribution in [2.24, 2.45) is 0 Å². The fraction of sp³-hybridized carbons (Fsp3) is 0.923. The molecule has 1 amide bonds. The molecule has 3 aliphatic heterocycles. The highest BCUT2D eigenvalue weighted by molar-refractivity contribution is 5.78. The predicted octanol–water partition coefficient (Wildman–Crippen LogP) is 0.434. The Morgan fingerprint density at radius 2 is 1.94 bits per heavy atom. The predicted molar refractivity (Wildman–Crippen MR) is 66.8 cm³/mol. The molecule has 3 rings (SSSR count). The molecule has 3 heterocycles. The van der Waals surface area contributed by atoms with E-state index in [9.17, 15) is 4.79 Å². The van der Waals surface area contributed by atoms with Crippen LogP contribution in [0.4, 0.5) is 0 Å². The van der Waals surface area contributed by atoms with Gasteiger partial charge in [0.2, 0.25) is 5.91 Å². The van der Waals surface area contributed by atoms with Gasteiger partial charge in [-0.05, 0) is 39.2 Å². The van der Waals surface area contributed by atoms with Gasteiger partial charge in [0.1, 0.15) is 0 Å². The summed E-state index contributed by atoms with van der Waals surface area (Å²) in [6, 6.07) is 2.03. The lowest BCUT2D eigenvalue weighted by molar-refractivity contribution is -0.136. The first-order valence-corrected chi connectivity index (χ1v) is 6.96. The van der Waals surface area contributed by atoms with Gasteiger partial charge in [0.25, 0.3) is 0 Å². The number of piperidine rings is 1. The molecule has 1 N–H and O–H groups in total. The molecular formula is C13H23N3O. The first-order chi connectivity index (χ1) is 8.22. The van der Waals surface area contributed by atoms with Crippen LogP contribution >= 0.6 is 0 Å². The highest BCUT2D eigenvalue weighted by atomic mass is 16.2. The van der Waals surface area contributed by atoms with Crippen molar-refractivity contribution in [3.63, 3.8) is 0 Å². The Bertz CT molecular complexity index is 291. The van der Waals surface area contributed by atoms with Crippen LogP contribution in [0.25, 0.3) is 0 Å². The molecule has 3 aliphatic rings. The molecule has 2 bridgehead atoms. The third kappa shape index (κ3) is 2.33. The summed E-state index contributed by atoms with van der Waals surface area (Å²) in [6.07, 6.45) is 6.29. The largest absolute Gasteiger partial charge is 0.341 e. The van der Waals surface area contributed by atoms with Gasteiger partial charge < -0.3 is 10.2 Å². The van der Waals surface area contributed by atoms with E-state index in [2.05, 4.69) is 17.3 Å². The maximum absolute atomic E-state index is 11.9. The zero-order valence-corrected chi connectivity index (χ0v) is 10.7. The molecule has 0 aromatic heterocycles. The Kier molecular flexibility index (Phi) is 3.09. The van der Waals surface area contributed by atoms with Crippen LogP contribution in [0.3, 0.4) is 0 Å². The van der Waals surface area contributed by atoms with Crippen molar-refractivity contribution in [3.8, 4) is 0 Å². The number of carbonyl (C=O) groups excluding carboxylic acids is 1. The molecule has 0 radical (unpaired) electrons. The molecular weight excluding hydrogens is 214 g/mol. The summed E-state index contributed by atoms with van der Waals surface area (Å²) in [6.45, 7) is 2.57. The van der Waals surface area contributed by atoms with Crippen molar-refractivity contribution < 1.29 is 4.79 Å². The lowest BCUT2D eigenvalue weighted by atomic mass is 9.98. The Balaban J connectivity index is 1.51. The maximum Gasteiger partial charge on any atom is 0.236 e. The van der Waals surface area contributed by atoms with Crippen LogP contribution in [0.2, 0.25) is 0 Å². The van der Waals surface area contributed by atoms with Crippen molar-refractivity contribution in [1.82, 2.24) is 15.1 Å². The number of nitrogens with zero attached hydrogens (tertiary/aromatic N) is 2. The molecule has 0 aliphatic carbocycles. The van der Waals surface area contributed by atoms with Crippen LogP contribution in [0.5, 0.6) is 0 Å². The molecule has 2 unspecified atom stereocenters. The number of fused-ring (bicyclic) bond motifs is 2. The fourth-order valence-corrected chi connectivity index (χ4v) is 3.40. The van der Waals surface area contributed by atoms with E-state index >= 15 is 0 Å². The van der Waals surface area contributed by atoms with Gasteiger partial charge >= 0.3 is 0 Å². The van der Waals surface area contributed by atoms with E-state index in [0.717, 1.165) is 13.1 Å². The molecule has 0 aromatic carbocycles. The maximum atomic E-state index is 11.9. The molecule has 96 valence electrons. The van der Waals surface area contributed by atoms with Gasteiger partial charge in [-0.3, -0.25) is 9.69 Å². The molecule has 3 saturated heterocycles. The average molecular weight is 237 g/mol. The molecule has 4 nitrogen and oxygen atoms in total. The van der Waals surface area contributed by atoms with Crippen molar-refractivity contribution >= 4 is 5.91 Å². The average Bonchev–Trinajstić information content (AvgIpc) is 2.54. The third-order valence-corrected chi connectivity index (χ3v) is 4.66. The molecule has 4 heteroatoms. The van der Waals surface area contributed by atoms with Gasteiger partial charge in [-0.1, -0.05) is 0 Å². The second-order valence-electron chi connectivity index (χ2n) is 5.91. The van der Waals surface area contributed by atoms with E-state index in [1.54, 1.807) is 0 Å². The van der Waals surface area contributed by atoms with E-state index in [-0.39, 0.29) is 0 Å². The summed E-state index contributed by atoms with van der Waals surface area (Å²) in [5, 5.41) is 3.65. The van der Waals surface area contributed by atoms with Gasteiger partial charge in [-0.2, -0.15) is 0 Å². The van der Waals surface area contributed by atoms with E-state index in [1.165, 1.54) is 32.1 Å². The van der Waals surface area contributed by atoms with Crippen molar-refractivity contribution in [2.45, 2.75) is 50.2 Å². The van der Waals surface area contributed by atoms with Gasteiger partial charge in [-0.25, -0.2) is 0 Å². The Morgan fingerprint density at radius 3 is 2.47 bits per heavy atom. The van der Waals surface area contributed by atoms with E-state index < -0.39 is 0 Å². The van der Waals surface area contributed by atoms with Crippen LogP contribution in [-0.2, 0) is 4.79 Å². The number of amides is 1. The summed E-state index contributed by atoms with van der Waals surface area (Å²) < 4.78 is 0. The van der Waals surface area contributed by atoms with Crippen molar-refractivity contribution in [3.05, 3.63) is 0 Å². The minimum atomic E-state index is 0.324. The van der Waals surface area contributed by atoms with Crippen molar-refractivity contribution in [1.29, 1.82) is 0 Å². The summed E-state index contributed by atoms with van der Waals surface area (Å²) in [5.41, 5.74) is 0. The highest BCUT2D eigenvalue weighted by Gasteiger charge is 2.35. The summed E-state index contributed by atoms with van der Waals surface area (Å²) in [5.74, 6) is 0.324. The van der Waals surface area contributed by atoms with Crippen LogP contribution in [0.1, 0.15) is 32.1 Å². The number of likely N-dealkylation sites (tertiary alicyclic amines) is 1. The van der Waals surface area contributed by atoms with E-state index in [1.807, 2.05) is 4.90 Å². The number of hydrogen-bond acceptors (Lipinski definition) is 3. The number of carbonyl (C=O) groups is 1. The highest BCUT2D eigenvalue weighted by Crippen LogP contribution is 2.29. The normalized spacial score (nSPS) is 36.1. The summed E-state index contributed by atoms with van der Waals surface area (Å²) in [7, 11) is 2.12. The topological polar surface area (TPSA) is 35.6 Å². The van der Waals surface area contributed by atoms with Crippen LogP contribution < -0.4 is 5.32 Å². The molecule has 3 fully saturated rings. The van der Waals surface area contributed by atoms with Crippen LogP contribution in [-0.4, -0.2) is 60.5 Å². The molecule has 2 atom stereocenters. The quantitative estimate of drug-likeness (QED) is 0.773. The monoisotopic (exact) mass is 237 g/mol. The first kappa shape index (κ1) is 11.5. The SMILES string of the molecule is CN(CC(=O)N1CCC1)C1CC2CCC(C1)N2. The second kappa shape index (κ2) is 4.58. The minimum absolute atomic E-state index is 0.324. The van der Waals surface area contributed by atoms with Gasteiger partial charge in [0.05, 0.1) is 6.54 Å².